The van der Waals surface area contributed by atoms with Gasteiger partial charge in [-0.1, -0.05) is 36.7 Å². The summed E-state index contributed by atoms with van der Waals surface area (Å²) in [6.07, 6.45) is 4.56. The van der Waals surface area contributed by atoms with Gasteiger partial charge < -0.3 is 9.64 Å². The third-order valence-corrected chi connectivity index (χ3v) is 5.34. The molecular formula is C24H24ClN3O3. The number of carbonyl (C=O) groups excluding carboxylic acids is 2. The van der Waals surface area contributed by atoms with Crippen LogP contribution in [-0.2, 0) is 11.2 Å². The molecule has 0 aliphatic heterocycles. The molecule has 0 saturated carbocycles. The number of ketones is 1. The summed E-state index contributed by atoms with van der Waals surface area (Å²) < 4.78 is 5.23. The van der Waals surface area contributed by atoms with Crippen LogP contribution in [0, 0.1) is 0 Å². The van der Waals surface area contributed by atoms with Gasteiger partial charge in [-0.15, -0.1) is 0 Å². The summed E-state index contributed by atoms with van der Waals surface area (Å²) in [6.45, 7) is 1.81. The second kappa shape index (κ2) is 10.2. The van der Waals surface area contributed by atoms with Crippen LogP contribution in [0.2, 0.25) is 5.02 Å². The minimum atomic E-state index is -0.0504. The Morgan fingerprint density at radius 1 is 1.10 bits per heavy atom. The Hall–Kier alpha value is -3.25. The van der Waals surface area contributed by atoms with Gasteiger partial charge in [0.15, 0.2) is 5.78 Å². The van der Waals surface area contributed by atoms with Crippen molar-refractivity contribution in [3.8, 4) is 17.0 Å². The monoisotopic (exact) mass is 437 g/mol. The number of methoxy groups -OCH3 is 1. The quantitative estimate of drug-likeness (QED) is 0.464. The molecule has 0 fully saturated rings. The van der Waals surface area contributed by atoms with Crippen LogP contribution in [0.5, 0.6) is 5.88 Å². The number of ether oxygens (including phenoxy) is 1. The number of nitrogens with zero attached hydrogens (tertiary/aromatic N) is 3. The zero-order valence-corrected chi connectivity index (χ0v) is 18.5. The van der Waals surface area contributed by atoms with Crippen LogP contribution >= 0.6 is 11.6 Å². The van der Waals surface area contributed by atoms with Gasteiger partial charge in [-0.2, -0.15) is 0 Å². The van der Waals surface area contributed by atoms with Crippen LogP contribution in [0.25, 0.3) is 11.1 Å². The first-order valence-electron chi connectivity index (χ1n) is 9.98. The number of aryl methyl sites for hydroxylation is 1. The minimum absolute atomic E-state index is 0.0110. The molecule has 0 saturated heterocycles. The van der Waals surface area contributed by atoms with Crippen LogP contribution in [0.3, 0.4) is 0 Å². The van der Waals surface area contributed by atoms with Gasteiger partial charge in [-0.25, -0.2) is 4.98 Å². The lowest BCUT2D eigenvalue weighted by atomic mass is 10.0. The Balaban J connectivity index is 1.70. The summed E-state index contributed by atoms with van der Waals surface area (Å²) in [4.78, 5) is 34.5. The first-order valence-corrected chi connectivity index (χ1v) is 10.4. The zero-order chi connectivity index (χ0) is 22.4. The maximum Gasteiger partial charge on any atom is 0.226 e. The van der Waals surface area contributed by atoms with Crippen molar-refractivity contribution in [3.63, 3.8) is 0 Å². The maximum atomic E-state index is 12.5. The molecule has 1 aromatic carbocycles. The number of halogens is 1. The molecule has 3 rings (SSSR count). The van der Waals surface area contributed by atoms with Crippen LogP contribution in [0.4, 0.5) is 5.69 Å². The lowest BCUT2D eigenvalue weighted by Gasteiger charge is -2.18. The molecule has 2 heterocycles. The largest absolute Gasteiger partial charge is 0.481 e. The molecule has 6 nitrogen and oxygen atoms in total. The predicted molar refractivity (Wildman–Crippen MR) is 122 cm³/mol. The van der Waals surface area contributed by atoms with Gasteiger partial charge in [0.2, 0.25) is 11.8 Å². The summed E-state index contributed by atoms with van der Waals surface area (Å²) in [5, 5.41) is 0.479. The minimum Gasteiger partial charge on any atom is -0.481 e. The number of pyridine rings is 2. The van der Waals surface area contributed by atoms with E-state index >= 15 is 0 Å². The fraction of sp³-hybridized carbons (Fsp3) is 0.250. The standard InChI is InChI=1S/C24H24ClN3O3/c1-4-23(30)28(2)21-11-8-17(14-19(21)25)18-7-10-20(27-15-18)22(29)12-9-16-6-5-13-26-24(16)31-3/h5-8,10-11,13-15H,4,9,12H2,1-3H3. The van der Waals surface area contributed by atoms with Crippen molar-refractivity contribution in [2.45, 2.75) is 26.2 Å². The number of aromatic nitrogens is 2. The maximum absolute atomic E-state index is 12.5. The highest BCUT2D eigenvalue weighted by Gasteiger charge is 2.14. The number of hydrogen-bond acceptors (Lipinski definition) is 5. The van der Waals surface area contributed by atoms with Crippen molar-refractivity contribution in [1.29, 1.82) is 0 Å². The molecular weight excluding hydrogens is 414 g/mol. The molecule has 7 heteroatoms. The third-order valence-electron chi connectivity index (χ3n) is 5.03. The van der Waals surface area contributed by atoms with E-state index in [1.807, 2.05) is 37.3 Å². The van der Waals surface area contributed by atoms with Gasteiger partial charge in [0.25, 0.3) is 0 Å². The van der Waals surface area contributed by atoms with Crippen LogP contribution < -0.4 is 9.64 Å². The van der Waals surface area contributed by atoms with E-state index in [1.165, 1.54) is 0 Å². The fourth-order valence-electron chi connectivity index (χ4n) is 3.23. The van der Waals surface area contributed by atoms with Gasteiger partial charge >= 0.3 is 0 Å². The van der Waals surface area contributed by atoms with Crippen molar-refractivity contribution >= 4 is 29.0 Å². The Morgan fingerprint density at radius 3 is 2.52 bits per heavy atom. The topological polar surface area (TPSA) is 72.4 Å². The van der Waals surface area contributed by atoms with E-state index in [-0.39, 0.29) is 11.7 Å². The Morgan fingerprint density at radius 2 is 1.87 bits per heavy atom. The highest BCUT2D eigenvalue weighted by molar-refractivity contribution is 6.34. The molecule has 0 unspecified atom stereocenters. The number of carbonyl (C=O) groups is 2. The zero-order valence-electron chi connectivity index (χ0n) is 17.8. The molecule has 1 amide bonds. The van der Waals surface area contributed by atoms with Crippen LogP contribution in [0.1, 0.15) is 35.8 Å². The van der Waals surface area contributed by atoms with E-state index < -0.39 is 0 Å². The van der Waals surface area contributed by atoms with Crippen molar-refractivity contribution in [3.05, 3.63) is 71.1 Å². The highest BCUT2D eigenvalue weighted by Crippen LogP contribution is 2.31. The molecule has 0 spiro atoms. The van der Waals surface area contributed by atoms with E-state index in [2.05, 4.69) is 9.97 Å². The molecule has 3 aromatic rings. The molecule has 0 aliphatic carbocycles. The summed E-state index contributed by atoms with van der Waals surface area (Å²) in [5.74, 6) is 0.471. The summed E-state index contributed by atoms with van der Waals surface area (Å²) >= 11 is 6.40. The molecule has 0 bridgehead atoms. The number of Topliss-reactive ketones (excluding diaryl/α,β-unsaturated/α-hetero) is 1. The van der Waals surface area contributed by atoms with Crippen LogP contribution in [0.15, 0.2) is 54.9 Å². The summed E-state index contributed by atoms with van der Waals surface area (Å²) in [5.41, 5.74) is 3.64. The number of hydrogen-bond donors (Lipinski definition) is 0. The summed E-state index contributed by atoms with van der Waals surface area (Å²) in [7, 11) is 3.27. The van der Waals surface area contributed by atoms with E-state index in [1.54, 1.807) is 43.6 Å². The van der Waals surface area contributed by atoms with E-state index in [4.69, 9.17) is 16.3 Å². The first-order chi connectivity index (χ1) is 14.9. The fourth-order valence-corrected chi connectivity index (χ4v) is 3.54. The summed E-state index contributed by atoms with van der Waals surface area (Å²) in [6, 6.07) is 12.8. The third kappa shape index (κ3) is 5.27. The van der Waals surface area contributed by atoms with Crippen molar-refractivity contribution in [2.75, 3.05) is 19.1 Å². The molecule has 0 N–H and O–H groups in total. The van der Waals surface area contributed by atoms with Crippen molar-refractivity contribution < 1.29 is 14.3 Å². The van der Waals surface area contributed by atoms with Gasteiger partial charge in [-0.05, 0) is 36.2 Å². The highest BCUT2D eigenvalue weighted by atomic mass is 35.5. The van der Waals surface area contributed by atoms with Crippen molar-refractivity contribution in [2.24, 2.45) is 0 Å². The SMILES string of the molecule is CCC(=O)N(C)c1ccc(-c2ccc(C(=O)CCc3cccnc3OC)nc2)cc1Cl. The number of amides is 1. The number of benzene rings is 1. The van der Waals surface area contributed by atoms with E-state index in [0.717, 1.165) is 16.7 Å². The average Bonchev–Trinajstić information content (AvgIpc) is 2.81. The Bertz CT molecular complexity index is 1080. The van der Waals surface area contributed by atoms with Gasteiger partial charge in [0, 0.05) is 43.4 Å². The van der Waals surface area contributed by atoms with Crippen molar-refractivity contribution in [1.82, 2.24) is 9.97 Å². The molecule has 2 aromatic heterocycles. The molecule has 31 heavy (non-hydrogen) atoms. The van der Waals surface area contributed by atoms with E-state index in [9.17, 15) is 9.59 Å². The average molecular weight is 438 g/mol. The van der Waals surface area contributed by atoms with E-state index in [0.29, 0.717) is 41.5 Å². The molecule has 160 valence electrons. The molecule has 0 aliphatic rings. The lowest BCUT2D eigenvalue weighted by Crippen LogP contribution is -2.25. The Labute approximate surface area is 186 Å². The number of rotatable bonds is 8. The van der Waals surface area contributed by atoms with Gasteiger partial charge in [0.05, 0.1) is 17.8 Å². The second-order valence-electron chi connectivity index (χ2n) is 7.00. The lowest BCUT2D eigenvalue weighted by molar-refractivity contribution is -0.118. The normalized spacial score (nSPS) is 10.6. The smallest absolute Gasteiger partial charge is 0.226 e. The Kier molecular flexibility index (Phi) is 7.36. The number of anilines is 1. The van der Waals surface area contributed by atoms with Gasteiger partial charge in [0.1, 0.15) is 5.69 Å². The second-order valence-corrected chi connectivity index (χ2v) is 7.41. The first kappa shape index (κ1) is 22.4. The molecule has 0 atom stereocenters. The predicted octanol–water partition coefficient (Wildman–Crippen LogP) is 4.99. The van der Waals surface area contributed by atoms with Crippen LogP contribution in [-0.4, -0.2) is 35.8 Å². The molecule has 0 radical (unpaired) electrons. The van der Waals surface area contributed by atoms with Gasteiger partial charge in [-0.3, -0.25) is 14.6 Å².